The number of nitrogens with two attached hydrogens (primary N) is 1. The Morgan fingerprint density at radius 2 is 1.75 bits per heavy atom. The number of Topliss-reactive ketones (excluding diaryl/α,β-unsaturated/α-hetero) is 1. The zero-order valence-corrected chi connectivity index (χ0v) is 30.3. The molecule has 1 saturated carbocycles. The van der Waals surface area contributed by atoms with Crippen LogP contribution in [0.1, 0.15) is 93.7 Å². The van der Waals surface area contributed by atoms with Crippen molar-refractivity contribution in [1.82, 2.24) is 30.5 Å². The molecule has 0 spiro atoms. The first-order chi connectivity index (χ1) is 25.0. The summed E-state index contributed by atoms with van der Waals surface area (Å²) in [5.41, 5.74) is 1.95. The fourth-order valence-corrected chi connectivity index (χ4v) is 8.46. The number of nitrogens with one attached hydrogen (secondary N) is 2. The van der Waals surface area contributed by atoms with Gasteiger partial charge >= 0.3 is 5.76 Å². The summed E-state index contributed by atoms with van der Waals surface area (Å²) in [7, 11) is -5.20. The molecule has 290 valence electrons. The number of rotatable bonds is 13. The lowest BCUT2D eigenvalue weighted by Crippen LogP contribution is -2.64. The average Bonchev–Trinajstić information content (AvgIpc) is 3.80. The van der Waals surface area contributed by atoms with E-state index in [2.05, 4.69) is 20.9 Å². The minimum Gasteiger partial charge on any atom is -0.384 e. The van der Waals surface area contributed by atoms with E-state index >= 15 is 0 Å². The number of halogens is 2. The first kappa shape index (κ1) is 39.8. The van der Waals surface area contributed by atoms with E-state index in [1.54, 1.807) is 0 Å². The van der Waals surface area contributed by atoms with Crippen LogP contribution in [0.4, 0.5) is 8.78 Å². The quantitative estimate of drug-likeness (QED) is 0.211. The van der Waals surface area contributed by atoms with Gasteiger partial charge in [-0.3, -0.25) is 24.0 Å². The number of benzene rings is 1. The molecule has 2 saturated heterocycles. The molecule has 5 N–H and O–H groups in total. The molecule has 3 heterocycles. The maximum absolute atomic E-state index is 14.7. The van der Waals surface area contributed by atoms with E-state index in [1.807, 2.05) is 0 Å². The van der Waals surface area contributed by atoms with E-state index in [9.17, 15) is 46.3 Å². The Morgan fingerprint density at radius 3 is 2.38 bits per heavy atom. The number of nitrogens with zero attached hydrogens (tertiary/aromatic N) is 4. The fourth-order valence-electron chi connectivity index (χ4n) is 7.53. The molecule has 0 bridgehead atoms. The van der Waals surface area contributed by atoms with Gasteiger partial charge in [-0.1, -0.05) is 49.5 Å². The third-order valence-electron chi connectivity index (χ3n) is 10.3. The van der Waals surface area contributed by atoms with Crippen molar-refractivity contribution < 1.29 is 51.0 Å². The number of alkyl halides is 2. The van der Waals surface area contributed by atoms with E-state index in [0.29, 0.717) is 0 Å². The number of hydrogen-bond donors (Lipinski definition) is 4. The molecular weight excluding hydrogens is 720 g/mol. The van der Waals surface area contributed by atoms with Crippen LogP contribution in [0.25, 0.3) is 0 Å². The lowest BCUT2D eigenvalue weighted by atomic mass is 9.84. The zero-order valence-electron chi connectivity index (χ0n) is 29.5. The molecule has 2 unspecified atom stereocenters. The molecule has 0 radical (unpaired) electrons. The second-order valence-electron chi connectivity index (χ2n) is 14.5. The second kappa shape index (κ2) is 15.9. The van der Waals surface area contributed by atoms with Crippen LogP contribution in [0.5, 0.6) is 0 Å². The van der Waals surface area contributed by atoms with Crippen LogP contribution in [-0.2, 0) is 39.4 Å². The standard InChI is InChI=1S/C34H45F2N7O9S/c1-33(2,49)26-18-38-41-43(26)21-17-24(30(47)40-34(27(44)28(37)45)12-14-52-15-13-34)42(19-21)31(48)23(16-20-8-4-3-5-9-20)39-29(46)22-10-6-7-11-25(22)53(50,51)32(35)36/h6-7,10-11,18,20-21,23-24,32,49H,3-5,8-9,12-17,19H2,1-2H3,(H2,37,45)(H,39,46)(H,40,47)/t21?,23-,24?/m1/s1. The van der Waals surface area contributed by atoms with Crippen molar-refractivity contribution in [3.63, 3.8) is 0 Å². The number of primary amides is 1. The van der Waals surface area contributed by atoms with Crippen molar-refractivity contribution in [2.24, 2.45) is 11.7 Å². The molecule has 3 aliphatic rings. The molecule has 16 nitrogen and oxygen atoms in total. The van der Waals surface area contributed by atoms with Gasteiger partial charge in [-0.05, 0) is 38.3 Å². The van der Waals surface area contributed by atoms with Gasteiger partial charge in [-0.15, -0.1) is 5.10 Å². The minimum absolute atomic E-state index is 0.0421. The predicted molar refractivity (Wildman–Crippen MR) is 182 cm³/mol. The molecule has 1 aromatic heterocycles. The third kappa shape index (κ3) is 8.56. The minimum atomic E-state index is -5.20. The summed E-state index contributed by atoms with van der Waals surface area (Å²) in [6.07, 6.45) is 5.44. The van der Waals surface area contributed by atoms with Crippen LogP contribution in [0, 0.1) is 5.92 Å². The number of ketones is 1. The van der Waals surface area contributed by atoms with E-state index in [4.69, 9.17) is 10.5 Å². The molecule has 19 heteroatoms. The van der Waals surface area contributed by atoms with Gasteiger partial charge in [0.25, 0.3) is 11.8 Å². The van der Waals surface area contributed by atoms with Gasteiger partial charge in [0.05, 0.1) is 28.4 Å². The third-order valence-corrected chi connectivity index (χ3v) is 11.8. The Hall–Kier alpha value is -4.36. The molecular formula is C34H45F2N7O9S. The smallest absolute Gasteiger partial charge is 0.341 e. The van der Waals surface area contributed by atoms with Gasteiger partial charge < -0.3 is 31.1 Å². The number of ether oxygens (including phenoxy) is 1. The van der Waals surface area contributed by atoms with Crippen molar-refractivity contribution in [3.05, 3.63) is 41.7 Å². The van der Waals surface area contributed by atoms with Gasteiger partial charge in [0.1, 0.15) is 23.2 Å². The number of aromatic nitrogens is 3. The maximum Gasteiger partial charge on any atom is 0.341 e. The van der Waals surface area contributed by atoms with Gasteiger partial charge in [-0.2, -0.15) is 8.78 Å². The normalized spacial score (nSPS) is 21.6. The molecule has 4 amide bonds. The average molecular weight is 766 g/mol. The van der Waals surface area contributed by atoms with Gasteiger partial charge in [0.2, 0.25) is 27.4 Å². The van der Waals surface area contributed by atoms with E-state index < -0.39 is 84.7 Å². The summed E-state index contributed by atoms with van der Waals surface area (Å²) in [5, 5.41) is 24.2. The highest BCUT2D eigenvalue weighted by molar-refractivity contribution is 7.91. The lowest BCUT2D eigenvalue weighted by Gasteiger charge is -2.37. The number of amides is 4. The summed E-state index contributed by atoms with van der Waals surface area (Å²) >= 11 is 0. The Morgan fingerprint density at radius 1 is 1.09 bits per heavy atom. The number of hydrogen-bond acceptors (Lipinski definition) is 11. The molecule has 5 rings (SSSR count). The molecule has 2 aromatic rings. The summed E-state index contributed by atoms with van der Waals surface area (Å²) in [4.78, 5) is 68.3. The summed E-state index contributed by atoms with van der Waals surface area (Å²) in [5.74, 6) is -8.73. The van der Waals surface area contributed by atoms with E-state index in [-0.39, 0.29) is 57.1 Å². The monoisotopic (exact) mass is 765 g/mol. The van der Waals surface area contributed by atoms with E-state index in [1.165, 1.54) is 41.8 Å². The molecule has 53 heavy (non-hydrogen) atoms. The first-order valence-electron chi connectivity index (χ1n) is 17.6. The van der Waals surface area contributed by atoms with E-state index in [0.717, 1.165) is 44.2 Å². The van der Waals surface area contributed by atoms with Gasteiger partial charge in [-0.25, -0.2) is 13.1 Å². The Bertz CT molecular complexity index is 1820. The van der Waals surface area contributed by atoms with Crippen LogP contribution >= 0.6 is 0 Å². The van der Waals surface area contributed by atoms with Crippen molar-refractivity contribution in [1.29, 1.82) is 0 Å². The Kier molecular flexibility index (Phi) is 12.0. The zero-order chi connectivity index (χ0) is 38.7. The summed E-state index contributed by atoms with van der Waals surface area (Å²) < 4.78 is 59.0. The largest absolute Gasteiger partial charge is 0.384 e. The SMILES string of the molecule is CC(C)(O)c1cnnn1C1CC(C(=O)NC2(C(=O)C(N)=O)CCOCC2)N(C(=O)[C@@H](CC2CCCCC2)NC(=O)c2ccccc2S(=O)(=O)C(F)F)C1. The highest BCUT2D eigenvalue weighted by atomic mass is 32.2. The van der Waals surface area contributed by atoms with Crippen LogP contribution in [0.2, 0.25) is 0 Å². The van der Waals surface area contributed by atoms with Crippen molar-refractivity contribution in [2.75, 3.05) is 19.8 Å². The number of aliphatic hydroxyl groups is 1. The molecule has 3 atom stereocenters. The highest BCUT2D eigenvalue weighted by Gasteiger charge is 2.49. The molecule has 2 aliphatic heterocycles. The highest BCUT2D eigenvalue weighted by Crippen LogP contribution is 2.35. The van der Waals surface area contributed by atoms with Crippen LogP contribution in [0.15, 0.2) is 35.4 Å². The van der Waals surface area contributed by atoms with Gasteiger partial charge in [0, 0.05) is 39.0 Å². The van der Waals surface area contributed by atoms with Gasteiger partial charge in [0.15, 0.2) is 0 Å². The first-order valence-corrected chi connectivity index (χ1v) is 19.1. The predicted octanol–water partition coefficient (Wildman–Crippen LogP) is 1.13. The van der Waals surface area contributed by atoms with Crippen LogP contribution < -0.4 is 16.4 Å². The van der Waals surface area contributed by atoms with Crippen molar-refractivity contribution in [2.45, 2.75) is 112 Å². The number of likely N-dealkylation sites (tertiary alicyclic amines) is 1. The van der Waals surface area contributed by atoms with Crippen molar-refractivity contribution in [3.8, 4) is 0 Å². The maximum atomic E-state index is 14.7. The Labute approximate surface area is 305 Å². The molecule has 3 fully saturated rings. The van der Waals surface area contributed by atoms with Crippen molar-refractivity contribution >= 4 is 39.2 Å². The van der Waals surface area contributed by atoms with Crippen LogP contribution in [0.3, 0.4) is 0 Å². The molecule has 1 aromatic carbocycles. The number of sulfone groups is 1. The lowest BCUT2D eigenvalue weighted by molar-refractivity contribution is -0.147. The fraction of sp³-hybridized carbons (Fsp3) is 0.618. The topological polar surface area (TPSA) is 233 Å². The number of carbonyl (C=O) groups excluding carboxylic acids is 5. The molecule has 1 aliphatic carbocycles. The Balaban J connectivity index is 1.52. The van der Waals surface area contributed by atoms with Crippen LogP contribution in [-0.4, -0.2) is 106 Å². The summed E-state index contributed by atoms with van der Waals surface area (Å²) in [6.45, 7) is 2.94. The number of carbonyl (C=O) groups is 5. The second-order valence-corrected chi connectivity index (χ2v) is 16.3. The summed E-state index contributed by atoms with van der Waals surface area (Å²) in [6, 6.07) is 1.09.